The second-order valence-corrected chi connectivity index (χ2v) is 2.25. The Morgan fingerprint density at radius 3 is 3.20 bits per heavy atom. The monoisotopic (exact) mass is 145 g/mol. The maximum absolute atomic E-state index is 10.0. The highest BCUT2D eigenvalue weighted by Crippen LogP contribution is 1.99. The fraction of sp³-hybridized carbons (Fsp3) is 0.833. The van der Waals surface area contributed by atoms with Crippen molar-refractivity contribution in [2.45, 2.75) is 6.29 Å². The normalized spacial score (nSPS) is 28.3. The van der Waals surface area contributed by atoms with Gasteiger partial charge in [0.2, 0.25) is 0 Å². The van der Waals surface area contributed by atoms with E-state index in [0.717, 1.165) is 12.8 Å². The first-order valence-electron chi connectivity index (χ1n) is 3.28. The molecule has 0 aromatic rings. The van der Waals surface area contributed by atoms with Gasteiger partial charge in [-0.3, -0.25) is 4.90 Å². The maximum atomic E-state index is 10.0. The molecule has 1 heterocycles. The van der Waals surface area contributed by atoms with Crippen molar-refractivity contribution in [2.24, 2.45) is 0 Å². The third-order valence-electron chi connectivity index (χ3n) is 1.46. The summed E-state index contributed by atoms with van der Waals surface area (Å²) >= 11 is 0. The molecule has 4 nitrogen and oxygen atoms in total. The third-order valence-corrected chi connectivity index (χ3v) is 1.46. The summed E-state index contributed by atoms with van der Waals surface area (Å²) in [5.41, 5.74) is 0. The van der Waals surface area contributed by atoms with E-state index in [9.17, 15) is 4.79 Å². The van der Waals surface area contributed by atoms with E-state index in [0.29, 0.717) is 19.7 Å². The molecule has 0 bridgehead atoms. The SMILES string of the molecule is O=CCN1CCOC(O)C1. The van der Waals surface area contributed by atoms with Gasteiger partial charge in [-0.25, -0.2) is 0 Å². The average molecular weight is 145 g/mol. The topological polar surface area (TPSA) is 49.8 Å². The number of ether oxygens (including phenoxy) is 1. The molecule has 0 aromatic heterocycles. The van der Waals surface area contributed by atoms with Gasteiger partial charge in [0.25, 0.3) is 0 Å². The summed E-state index contributed by atoms with van der Waals surface area (Å²) in [5, 5.41) is 8.93. The molecule has 1 aliphatic rings. The van der Waals surface area contributed by atoms with Gasteiger partial charge < -0.3 is 14.6 Å². The van der Waals surface area contributed by atoms with Crippen molar-refractivity contribution in [3.05, 3.63) is 0 Å². The molecule has 58 valence electrons. The van der Waals surface area contributed by atoms with Gasteiger partial charge in [-0.1, -0.05) is 0 Å². The van der Waals surface area contributed by atoms with E-state index >= 15 is 0 Å². The summed E-state index contributed by atoms with van der Waals surface area (Å²) in [6.07, 6.45) is 0.117. The summed E-state index contributed by atoms with van der Waals surface area (Å²) in [7, 11) is 0. The standard InChI is InChI=1S/C6H11NO3/c8-3-1-7-2-4-10-6(9)5-7/h3,6,9H,1-2,4-5H2. The minimum Gasteiger partial charge on any atom is -0.367 e. The number of β-amino-alcohol motifs (C(OH)–C–C–N with tert-alkyl or cyclic N) is 1. The number of aliphatic hydroxyl groups is 1. The van der Waals surface area contributed by atoms with Crippen LogP contribution in [0.3, 0.4) is 0 Å². The molecule has 0 radical (unpaired) electrons. The number of aliphatic hydroxyl groups excluding tert-OH is 1. The van der Waals surface area contributed by atoms with Crippen LogP contribution in [0.15, 0.2) is 0 Å². The predicted octanol–water partition coefficient (Wildman–Crippen LogP) is -1.16. The Labute approximate surface area is 59.4 Å². The Kier molecular flexibility index (Phi) is 2.80. The van der Waals surface area contributed by atoms with Crippen LogP contribution >= 0.6 is 0 Å². The summed E-state index contributed by atoms with van der Waals surface area (Å²) in [4.78, 5) is 11.9. The van der Waals surface area contributed by atoms with Crippen LogP contribution in [0.1, 0.15) is 0 Å². The molecule has 4 heteroatoms. The summed E-state index contributed by atoms with van der Waals surface area (Å²) in [6.45, 7) is 2.07. The Hall–Kier alpha value is -0.450. The van der Waals surface area contributed by atoms with E-state index in [-0.39, 0.29) is 0 Å². The van der Waals surface area contributed by atoms with Crippen LogP contribution in [-0.4, -0.2) is 48.8 Å². The quantitative estimate of drug-likeness (QED) is 0.498. The molecular weight excluding hydrogens is 134 g/mol. The van der Waals surface area contributed by atoms with Crippen LogP contribution in [0.5, 0.6) is 0 Å². The average Bonchev–Trinajstić information content (AvgIpc) is 1.88. The lowest BCUT2D eigenvalue weighted by Crippen LogP contribution is -2.42. The molecule has 0 aliphatic carbocycles. The van der Waals surface area contributed by atoms with E-state index in [1.807, 2.05) is 4.90 Å². The smallest absolute Gasteiger partial charge is 0.167 e. The summed E-state index contributed by atoms with van der Waals surface area (Å²) in [6, 6.07) is 0. The van der Waals surface area contributed by atoms with Crippen molar-refractivity contribution in [2.75, 3.05) is 26.2 Å². The first-order chi connectivity index (χ1) is 4.83. The molecule has 1 fully saturated rings. The lowest BCUT2D eigenvalue weighted by molar-refractivity contribution is -0.147. The lowest BCUT2D eigenvalue weighted by atomic mass is 10.4. The van der Waals surface area contributed by atoms with Crippen molar-refractivity contribution >= 4 is 6.29 Å². The van der Waals surface area contributed by atoms with Crippen LogP contribution in [0, 0.1) is 0 Å². The van der Waals surface area contributed by atoms with Gasteiger partial charge >= 0.3 is 0 Å². The zero-order chi connectivity index (χ0) is 7.40. The van der Waals surface area contributed by atoms with Crippen LogP contribution in [-0.2, 0) is 9.53 Å². The molecule has 1 atom stereocenters. The highest BCUT2D eigenvalue weighted by Gasteiger charge is 2.16. The van der Waals surface area contributed by atoms with E-state index in [1.54, 1.807) is 0 Å². The molecule has 1 N–H and O–H groups in total. The summed E-state index contributed by atoms with van der Waals surface area (Å²) < 4.78 is 4.85. The van der Waals surface area contributed by atoms with Crippen molar-refractivity contribution in [1.82, 2.24) is 4.90 Å². The van der Waals surface area contributed by atoms with E-state index in [4.69, 9.17) is 9.84 Å². The van der Waals surface area contributed by atoms with Crippen LogP contribution in [0.4, 0.5) is 0 Å². The number of carbonyl (C=O) groups excluding carboxylic acids is 1. The number of hydrogen-bond acceptors (Lipinski definition) is 4. The van der Waals surface area contributed by atoms with Crippen LogP contribution in [0.25, 0.3) is 0 Å². The Bertz CT molecular complexity index is 118. The fourth-order valence-corrected chi connectivity index (χ4v) is 0.954. The number of hydrogen-bond donors (Lipinski definition) is 1. The molecule has 1 saturated heterocycles. The summed E-state index contributed by atoms with van der Waals surface area (Å²) in [5.74, 6) is 0. The molecule has 0 spiro atoms. The van der Waals surface area contributed by atoms with Crippen molar-refractivity contribution < 1.29 is 14.6 Å². The zero-order valence-corrected chi connectivity index (χ0v) is 5.69. The second kappa shape index (κ2) is 3.65. The number of aldehydes is 1. The molecule has 1 aliphatic heterocycles. The molecule has 10 heavy (non-hydrogen) atoms. The Morgan fingerprint density at radius 2 is 2.60 bits per heavy atom. The number of morpholine rings is 1. The van der Waals surface area contributed by atoms with Crippen molar-refractivity contribution in [3.8, 4) is 0 Å². The highest BCUT2D eigenvalue weighted by atomic mass is 16.6. The lowest BCUT2D eigenvalue weighted by Gasteiger charge is -2.28. The van der Waals surface area contributed by atoms with E-state index < -0.39 is 6.29 Å². The third kappa shape index (κ3) is 2.06. The minimum absolute atomic E-state index is 0.389. The van der Waals surface area contributed by atoms with Gasteiger partial charge in [-0.05, 0) is 0 Å². The van der Waals surface area contributed by atoms with Gasteiger partial charge in [0.05, 0.1) is 13.2 Å². The molecule has 0 saturated carbocycles. The van der Waals surface area contributed by atoms with E-state index in [1.165, 1.54) is 0 Å². The number of carbonyl (C=O) groups is 1. The first-order valence-corrected chi connectivity index (χ1v) is 3.28. The fourth-order valence-electron chi connectivity index (χ4n) is 0.954. The van der Waals surface area contributed by atoms with Crippen LogP contribution < -0.4 is 0 Å². The Morgan fingerprint density at radius 1 is 1.80 bits per heavy atom. The molecule has 1 unspecified atom stereocenters. The number of nitrogens with zero attached hydrogens (tertiary/aromatic N) is 1. The molecule has 1 rings (SSSR count). The van der Waals surface area contributed by atoms with E-state index in [2.05, 4.69) is 0 Å². The van der Waals surface area contributed by atoms with Gasteiger partial charge in [0.1, 0.15) is 6.29 Å². The Balaban J connectivity index is 2.24. The maximum Gasteiger partial charge on any atom is 0.167 e. The van der Waals surface area contributed by atoms with Gasteiger partial charge in [0.15, 0.2) is 6.29 Å². The van der Waals surface area contributed by atoms with Gasteiger partial charge in [-0.2, -0.15) is 0 Å². The minimum atomic E-state index is -0.714. The number of rotatable bonds is 2. The van der Waals surface area contributed by atoms with Crippen molar-refractivity contribution in [3.63, 3.8) is 0 Å². The largest absolute Gasteiger partial charge is 0.367 e. The van der Waals surface area contributed by atoms with Gasteiger partial charge in [-0.15, -0.1) is 0 Å². The first kappa shape index (κ1) is 7.65. The van der Waals surface area contributed by atoms with Gasteiger partial charge in [0, 0.05) is 13.1 Å². The molecular formula is C6H11NO3. The predicted molar refractivity (Wildman–Crippen MR) is 34.5 cm³/mol. The van der Waals surface area contributed by atoms with Crippen molar-refractivity contribution in [1.29, 1.82) is 0 Å². The molecule has 0 amide bonds. The highest BCUT2D eigenvalue weighted by molar-refractivity contribution is 5.51. The molecule has 0 aromatic carbocycles. The second-order valence-electron chi connectivity index (χ2n) is 2.25. The van der Waals surface area contributed by atoms with Crippen LogP contribution in [0.2, 0.25) is 0 Å². The zero-order valence-electron chi connectivity index (χ0n) is 5.69.